The molecular formula is C25H26Cl2N2O4. The molecule has 6 nitrogen and oxygen atoms in total. The number of morpholine rings is 1. The number of hydrogen-bond acceptors (Lipinski definition) is 5. The molecule has 2 aromatic carbocycles. The smallest absolute Gasteiger partial charge is 0.251 e. The Kier molecular flexibility index (Phi) is 6.52. The predicted octanol–water partition coefficient (Wildman–Crippen LogP) is 4.46. The van der Waals surface area contributed by atoms with Crippen LogP contribution >= 0.6 is 23.2 Å². The first-order valence-electron chi connectivity index (χ1n) is 11.2. The zero-order valence-corrected chi connectivity index (χ0v) is 19.9. The van der Waals surface area contributed by atoms with Crippen molar-refractivity contribution in [2.45, 2.75) is 25.0 Å². The summed E-state index contributed by atoms with van der Waals surface area (Å²) in [4.78, 5) is 17.2. The molecule has 0 radical (unpaired) electrons. The number of rotatable bonds is 7. The number of carbonyl (C=O) groups is 1. The molecule has 2 bridgehead atoms. The highest BCUT2D eigenvalue weighted by Crippen LogP contribution is 2.39. The summed E-state index contributed by atoms with van der Waals surface area (Å²) < 4.78 is 17.3. The van der Waals surface area contributed by atoms with Crippen molar-refractivity contribution in [3.05, 3.63) is 57.6 Å². The van der Waals surface area contributed by atoms with E-state index in [1.54, 1.807) is 42.4 Å². The number of fused-ring (bicyclic) bond motifs is 3. The van der Waals surface area contributed by atoms with E-state index in [9.17, 15) is 4.79 Å². The van der Waals surface area contributed by atoms with E-state index in [0.29, 0.717) is 46.8 Å². The van der Waals surface area contributed by atoms with Gasteiger partial charge < -0.3 is 19.1 Å². The molecule has 1 amide bonds. The lowest BCUT2D eigenvalue weighted by Crippen LogP contribution is -2.39. The lowest BCUT2D eigenvalue weighted by atomic mass is 10.1. The molecule has 2 atom stereocenters. The van der Waals surface area contributed by atoms with Crippen LogP contribution in [-0.2, 0) is 16.0 Å². The fourth-order valence-electron chi connectivity index (χ4n) is 4.81. The van der Waals surface area contributed by atoms with Gasteiger partial charge in [-0.1, -0.05) is 29.3 Å². The molecule has 3 heterocycles. The Morgan fingerprint density at radius 2 is 2.12 bits per heavy atom. The van der Waals surface area contributed by atoms with E-state index in [1.165, 1.54) is 0 Å². The monoisotopic (exact) mass is 488 g/mol. The summed E-state index contributed by atoms with van der Waals surface area (Å²) in [6, 6.07) is 9.61. The van der Waals surface area contributed by atoms with Crippen molar-refractivity contribution in [1.29, 1.82) is 0 Å². The number of nitrogens with zero attached hydrogens (tertiary/aromatic N) is 2. The molecule has 2 saturated heterocycles. The highest BCUT2D eigenvalue weighted by Gasteiger charge is 2.38. The average Bonchev–Trinajstić information content (AvgIpc) is 3.53. The van der Waals surface area contributed by atoms with Gasteiger partial charge in [0.25, 0.3) is 5.91 Å². The minimum Gasteiger partial charge on any atom is -0.493 e. The van der Waals surface area contributed by atoms with Crippen molar-refractivity contribution in [3.8, 4) is 11.5 Å². The van der Waals surface area contributed by atoms with Gasteiger partial charge in [0.1, 0.15) is 6.61 Å². The van der Waals surface area contributed by atoms with Crippen LogP contribution < -0.4 is 14.4 Å². The maximum atomic E-state index is 13.0. The van der Waals surface area contributed by atoms with Crippen LogP contribution in [0.5, 0.6) is 11.5 Å². The summed E-state index contributed by atoms with van der Waals surface area (Å²) in [5.74, 6) is 1.24. The van der Waals surface area contributed by atoms with Gasteiger partial charge in [-0.3, -0.25) is 9.69 Å². The maximum absolute atomic E-state index is 13.0. The standard InChI is InChI=1S/C25H26Cl2N2O4/c1-31-23-10-17-6-7-29(25(30)5-3-16-2-4-18(26)11-21(16)27)22(17)13-24(23)32-9-8-28-14-20-12-19(28)15-33-20/h2-5,10-11,13,19-20H,6-9,12,14-15H2,1H3. The van der Waals surface area contributed by atoms with Gasteiger partial charge in [0.2, 0.25) is 0 Å². The van der Waals surface area contributed by atoms with Crippen LogP contribution in [0, 0.1) is 0 Å². The Morgan fingerprint density at radius 1 is 1.24 bits per heavy atom. The van der Waals surface area contributed by atoms with Crippen molar-refractivity contribution in [2.75, 3.05) is 44.9 Å². The predicted molar refractivity (Wildman–Crippen MR) is 130 cm³/mol. The second-order valence-corrected chi connectivity index (χ2v) is 9.40. The molecule has 3 aliphatic heterocycles. The highest BCUT2D eigenvalue weighted by molar-refractivity contribution is 6.35. The van der Waals surface area contributed by atoms with E-state index in [1.807, 2.05) is 12.1 Å². The topological polar surface area (TPSA) is 51.2 Å². The minimum atomic E-state index is -0.107. The summed E-state index contributed by atoms with van der Waals surface area (Å²) in [7, 11) is 1.64. The zero-order valence-electron chi connectivity index (χ0n) is 18.4. The van der Waals surface area contributed by atoms with Gasteiger partial charge in [-0.05, 0) is 48.2 Å². The first-order chi connectivity index (χ1) is 16.0. The molecule has 174 valence electrons. The summed E-state index contributed by atoms with van der Waals surface area (Å²) in [6.45, 7) is 3.80. The number of benzene rings is 2. The Labute approximate surface area is 203 Å². The van der Waals surface area contributed by atoms with Gasteiger partial charge in [0, 0.05) is 47.9 Å². The Balaban J connectivity index is 1.28. The number of amides is 1. The lowest BCUT2D eigenvalue weighted by Gasteiger charge is -2.26. The van der Waals surface area contributed by atoms with E-state index in [-0.39, 0.29) is 5.91 Å². The van der Waals surface area contributed by atoms with Crippen LogP contribution in [-0.4, -0.2) is 62.9 Å². The maximum Gasteiger partial charge on any atom is 0.251 e. The third-order valence-electron chi connectivity index (χ3n) is 6.54. The van der Waals surface area contributed by atoms with Gasteiger partial charge in [0.15, 0.2) is 11.5 Å². The van der Waals surface area contributed by atoms with Crippen LogP contribution in [0.4, 0.5) is 5.69 Å². The molecule has 0 aromatic heterocycles. The van der Waals surface area contributed by atoms with Gasteiger partial charge in [-0.25, -0.2) is 0 Å². The summed E-state index contributed by atoms with van der Waals surface area (Å²) in [5, 5.41) is 1.07. The molecule has 0 N–H and O–H groups in total. The molecule has 2 fully saturated rings. The number of likely N-dealkylation sites (tertiary alicyclic amines) is 1. The van der Waals surface area contributed by atoms with Crippen LogP contribution in [0.2, 0.25) is 10.0 Å². The van der Waals surface area contributed by atoms with Crippen LogP contribution in [0.1, 0.15) is 17.5 Å². The Hall–Kier alpha value is -2.25. The Morgan fingerprint density at radius 3 is 2.85 bits per heavy atom. The number of carbonyl (C=O) groups excluding carboxylic acids is 1. The van der Waals surface area contributed by atoms with Crippen LogP contribution in [0.3, 0.4) is 0 Å². The van der Waals surface area contributed by atoms with Gasteiger partial charge in [0.05, 0.1) is 25.5 Å². The van der Waals surface area contributed by atoms with Gasteiger partial charge >= 0.3 is 0 Å². The third-order valence-corrected chi connectivity index (χ3v) is 7.11. The molecular weight excluding hydrogens is 463 g/mol. The molecule has 8 heteroatoms. The summed E-state index contributed by atoms with van der Waals surface area (Å²) in [5.41, 5.74) is 2.67. The molecule has 0 saturated carbocycles. The fraction of sp³-hybridized carbons (Fsp3) is 0.400. The molecule has 2 unspecified atom stereocenters. The lowest BCUT2D eigenvalue weighted by molar-refractivity contribution is -0.114. The Bertz CT molecular complexity index is 1090. The van der Waals surface area contributed by atoms with Gasteiger partial charge in [-0.2, -0.15) is 0 Å². The third kappa shape index (κ3) is 4.71. The normalized spacial score (nSPS) is 21.7. The largest absolute Gasteiger partial charge is 0.493 e. The van der Waals surface area contributed by atoms with Crippen molar-refractivity contribution >= 4 is 40.9 Å². The van der Waals surface area contributed by atoms with Crippen molar-refractivity contribution in [3.63, 3.8) is 0 Å². The number of hydrogen-bond donors (Lipinski definition) is 0. The van der Waals surface area contributed by atoms with Gasteiger partial charge in [-0.15, -0.1) is 0 Å². The zero-order chi connectivity index (χ0) is 22.9. The van der Waals surface area contributed by atoms with Crippen LogP contribution in [0.15, 0.2) is 36.4 Å². The van der Waals surface area contributed by atoms with Crippen molar-refractivity contribution in [1.82, 2.24) is 4.90 Å². The number of halogens is 2. The fourth-order valence-corrected chi connectivity index (χ4v) is 5.28. The second-order valence-electron chi connectivity index (χ2n) is 8.56. The van der Waals surface area contributed by atoms with Crippen molar-refractivity contribution < 1.29 is 19.0 Å². The average molecular weight is 489 g/mol. The molecule has 0 spiro atoms. The first kappa shape index (κ1) is 22.5. The number of methoxy groups -OCH3 is 1. The quantitative estimate of drug-likeness (QED) is 0.538. The molecule has 5 rings (SSSR count). The SMILES string of the molecule is COc1cc2c(cc1OCCN1CC3CC1CO3)N(C(=O)C=Cc1ccc(Cl)cc1Cl)CC2. The first-order valence-corrected chi connectivity index (χ1v) is 11.9. The summed E-state index contributed by atoms with van der Waals surface area (Å²) in [6.07, 6.45) is 5.52. The molecule has 33 heavy (non-hydrogen) atoms. The van der Waals surface area contributed by atoms with E-state index < -0.39 is 0 Å². The molecule has 0 aliphatic carbocycles. The van der Waals surface area contributed by atoms with Crippen LogP contribution in [0.25, 0.3) is 6.08 Å². The van der Waals surface area contributed by atoms with E-state index in [4.69, 9.17) is 37.4 Å². The number of ether oxygens (including phenoxy) is 3. The molecule has 2 aromatic rings. The second kappa shape index (κ2) is 9.55. The van der Waals surface area contributed by atoms with E-state index >= 15 is 0 Å². The van der Waals surface area contributed by atoms with Crippen molar-refractivity contribution in [2.24, 2.45) is 0 Å². The molecule has 3 aliphatic rings. The van der Waals surface area contributed by atoms with E-state index in [2.05, 4.69) is 4.90 Å². The highest BCUT2D eigenvalue weighted by atomic mass is 35.5. The summed E-state index contributed by atoms with van der Waals surface area (Å²) >= 11 is 12.2. The minimum absolute atomic E-state index is 0.107. The number of anilines is 1. The van der Waals surface area contributed by atoms with E-state index in [0.717, 1.165) is 49.4 Å².